The van der Waals surface area contributed by atoms with Crippen molar-refractivity contribution >= 4 is 44.8 Å². The Bertz CT molecular complexity index is 1180. The first-order valence-corrected chi connectivity index (χ1v) is 11.4. The van der Waals surface area contributed by atoms with E-state index in [0.29, 0.717) is 21.9 Å². The Morgan fingerprint density at radius 2 is 1.74 bits per heavy atom. The molecule has 7 nitrogen and oxygen atoms in total. The first-order valence-electron chi connectivity index (χ1n) is 9.63. The van der Waals surface area contributed by atoms with E-state index in [1.807, 2.05) is 17.5 Å². The van der Waals surface area contributed by atoms with Crippen molar-refractivity contribution in [2.24, 2.45) is 0 Å². The molecule has 0 fully saturated rings. The van der Waals surface area contributed by atoms with E-state index in [0.717, 1.165) is 11.3 Å². The minimum atomic E-state index is -0.382. The van der Waals surface area contributed by atoms with Crippen LogP contribution < -0.4 is 10.6 Å². The molecule has 0 atom stereocenters. The number of anilines is 2. The summed E-state index contributed by atoms with van der Waals surface area (Å²) in [4.78, 5) is 33.2. The first kappa shape index (κ1) is 21.0. The van der Waals surface area contributed by atoms with Crippen molar-refractivity contribution in [2.45, 2.75) is 26.2 Å². The third-order valence-electron chi connectivity index (χ3n) is 4.48. The second-order valence-electron chi connectivity index (χ2n) is 7.11. The summed E-state index contributed by atoms with van der Waals surface area (Å²) in [6, 6.07) is 11.5. The summed E-state index contributed by atoms with van der Waals surface area (Å²) < 4.78 is 5.05. The fraction of sp³-hybridized carbons (Fsp3) is 0.182. The number of furan rings is 1. The van der Waals surface area contributed by atoms with Gasteiger partial charge in [-0.1, -0.05) is 38.1 Å². The Labute approximate surface area is 187 Å². The van der Waals surface area contributed by atoms with Gasteiger partial charge in [-0.25, -0.2) is 9.97 Å². The predicted molar refractivity (Wildman–Crippen MR) is 123 cm³/mol. The molecule has 0 radical (unpaired) electrons. The number of benzene rings is 1. The predicted octanol–water partition coefficient (Wildman–Crippen LogP) is 5.42. The summed E-state index contributed by atoms with van der Waals surface area (Å²) in [7, 11) is 0. The number of amides is 2. The van der Waals surface area contributed by atoms with Crippen LogP contribution in [0.4, 0.5) is 10.3 Å². The Balaban J connectivity index is 1.33. The van der Waals surface area contributed by atoms with E-state index < -0.39 is 0 Å². The summed E-state index contributed by atoms with van der Waals surface area (Å²) >= 11 is 2.63. The van der Waals surface area contributed by atoms with Gasteiger partial charge in [0.05, 0.1) is 24.1 Å². The molecule has 158 valence electrons. The molecule has 3 heterocycles. The first-order chi connectivity index (χ1) is 15.0. The van der Waals surface area contributed by atoms with Crippen molar-refractivity contribution in [1.29, 1.82) is 0 Å². The monoisotopic (exact) mass is 452 g/mol. The van der Waals surface area contributed by atoms with E-state index in [9.17, 15) is 9.59 Å². The average Bonchev–Trinajstić information content (AvgIpc) is 3.50. The standard InChI is InChI=1S/C22H20N4O3S2/c1-13(2)14-5-7-15(8-6-14)17-12-31-22(24-17)25-19(27)10-16-11-30-21(23-16)26-20(28)18-4-3-9-29-18/h3-9,11-13H,10H2,1-2H3,(H,23,26,28)(H,24,25,27). The molecule has 0 unspecified atom stereocenters. The summed E-state index contributed by atoms with van der Waals surface area (Å²) in [6.07, 6.45) is 1.52. The number of hydrogen-bond acceptors (Lipinski definition) is 7. The average molecular weight is 453 g/mol. The van der Waals surface area contributed by atoms with E-state index in [1.54, 1.807) is 17.5 Å². The number of carbonyl (C=O) groups excluding carboxylic acids is 2. The van der Waals surface area contributed by atoms with Gasteiger partial charge in [-0.05, 0) is 23.6 Å². The third kappa shape index (κ3) is 5.25. The number of aromatic nitrogens is 2. The number of hydrogen-bond donors (Lipinski definition) is 2. The molecule has 2 amide bonds. The van der Waals surface area contributed by atoms with Crippen LogP contribution in [0.2, 0.25) is 0 Å². The number of rotatable bonds is 7. The highest BCUT2D eigenvalue weighted by Gasteiger charge is 2.14. The summed E-state index contributed by atoms with van der Waals surface area (Å²) in [5, 5.41) is 10.1. The van der Waals surface area contributed by atoms with E-state index in [1.165, 1.54) is 34.5 Å². The van der Waals surface area contributed by atoms with E-state index in [-0.39, 0.29) is 24.0 Å². The van der Waals surface area contributed by atoms with E-state index in [2.05, 4.69) is 46.6 Å². The van der Waals surface area contributed by atoms with Crippen LogP contribution in [0.3, 0.4) is 0 Å². The molecule has 0 bridgehead atoms. The highest BCUT2D eigenvalue weighted by atomic mass is 32.1. The van der Waals surface area contributed by atoms with Crippen LogP contribution >= 0.6 is 22.7 Å². The number of carbonyl (C=O) groups is 2. The molecule has 0 saturated carbocycles. The number of thiazole rings is 2. The van der Waals surface area contributed by atoms with Gasteiger partial charge in [-0.15, -0.1) is 22.7 Å². The normalized spacial score (nSPS) is 10.9. The fourth-order valence-corrected chi connectivity index (χ4v) is 4.28. The molecule has 0 aliphatic carbocycles. The van der Waals surface area contributed by atoms with Crippen molar-refractivity contribution in [3.63, 3.8) is 0 Å². The van der Waals surface area contributed by atoms with Crippen LogP contribution in [0, 0.1) is 0 Å². The van der Waals surface area contributed by atoms with Gasteiger partial charge in [0.15, 0.2) is 16.0 Å². The zero-order valence-corrected chi connectivity index (χ0v) is 18.5. The van der Waals surface area contributed by atoms with E-state index in [4.69, 9.17) is 4.42 Å². The second kappa shape index (κ2) is 9.23. The van der Waals surface area contributed by atoms with Gasteiger partial charge in [0.1, 0.15) is 0 Å². The van der Waals surface area contributed by atoms with Crippen LogP contribution in [-0.2, 0) is 11.2 Å². The molecule has 3 aromatic heterocycles. The topological polar surface area (TPSA) is 97.1 Å². The molecule has 0 saturated heterocycles. The minimum Gasteiger partial charge on any atom is -0.459 e. The molecular formula is C22H20N4O3S2. The zero-order chi connectivity index (χ0) is 21.8. The molecule has 1 aromatic carbocycles. The van der Waals surface area contributed by atoms with Gasteiger partial charge in [0, 0.05) is 16.3 Å². The summed E-state index contributed by atoms with van der Waals surface area (Å²) in [5.41, 5.74) is 3.68. The SMILES string of the molecule is CC(C)c1ccc(-c2csc(NC(=O)Cc3csc(NC(=O)c4ccco4)n3)n2)cc1. The largest absolute Gasteiger partial charge is 0.459 e. The maximum Gasteiger partial charge on any atom is 0.293 e. The van der Waals surface area contributed by atoms with Crippen molar-refractivity contribution < 1.29 is 14.0 Å². The van der Waals surface area contributed by atoms with Crippen LogP contribution in [0.15, 0.2) is 57.8 Å². The Kier molecular flexibility index (Phi) is 6.24. The van der Waals surface area contributed by atoms with Crippen molar-refractivity contribution in [1.82, 2.24) is 9.97 Å². The third-order valence-corrected chi connectivity index (χ3v) is 6.05. The molecule has 2 N–H and O–H groups in total. The highest BCUT2D eigenvalue weighted by Crippen LogP contribution is 2.26. The van der Waals surface area contributed by atoms with Crippen LogP contribution in [0.25, 0.3) is 11.3 Å². The second-order valence-corrected chi connectivity index (χ2v) is 8.83. The summed E-state index contributed by atoms with van der Waals surface area (Å²) in [6.45, 7) is 4.31. The van der Waals surface area contributed by atoms with Gasteiger partial charge in [0.2, 0.25) is 5.91 Å². The lowest BCUT2D eigenvalue weighted by molar-refractivity contribution is -0.115. The lowest BCUT2D eigenvalue weighted by Gasteiger charge is -2.05. The molecule has 31 heavy (non-hydrogen) atoms. The maximum atomic E-state index is 12.4. The van der Waals surface area contributed by atoms with Crippen molar-refractivity contribution in [3.8, 4) is 11.3 Å². The fourth-order valence-electron chi connectivity index (χ4n) is 2.84. The van der Waals surface area contributed by atoms with Gasteiger partial charge >= 0.3 is 0 Å². The smallest absolute Gasteiger partial charge is 0.293 e. The van der Waals surface area contributed by atoms with Crippen molar-refractivity contribution in [3.05, 3.63) is 70.4 Å². The molecule has 0 aliphatic rings. The maximum absolute atomic E-state index is 12.4. The van der Waals surface area contributed by atoms with Gasteiger partial charge in [-0.2, -0.15) is 0 Å². The highest BCUT2D eigenvalue weighted by molar-refractivity contribution is 7.14. The van der Waals surface area contributed by atoms with Crippen LogP contribution in [0.5, 0.6) is 0 Å². The van der Waals surface area contributed by atoms with E-state index >= 15 is 0 Å². The minimum absolute atomic E-state index is 0.0884. The lowest BCUT2D eigenvalue weighted by atomic mass is 10.0. The van der Waals surface area contributed by atoms with Crippen LogP contribution in [-0.4, -0.2) is 21.8 Å². The molecular weight excluding hydrogens is 432 g/mol. The Hall–Kier alpha value is -3.30. The Morgan fingerprint density at radius 3 is 2.45 bits per heavy atom. The molecule has 4 rings (SSSR count). The zero-order valence-electron chi connectivity index (χ0n) is 16.9. The quantitative estimate of drug-likeness (QED) is 0.390. The molecule has 0 spiro atoms. The summed E-state index contributed by atoms with van der Waals surface area (Å²) in [5.74, 6) is 0.0781. The van der Waals surface area contributed by atoms with Crippen molar-refractivity contribution in [2.75, 3.05) is 10.6 Å². The molecule has 4 aromatic rings. The van der Waals surface area contributed by atoms with Gasteiger partial charge in [-0.3, -0.25) is 14.9 Å². The van der Waals surface area contributed by atoms with Crippen LogP contribution in [0.1, 0.15) is 41.6 Å². The van der Waals surface area contributed by atoms with Gasteiger partial charge < -0.3 is 9.73 Å². The molecule has 0 aliphatic heterocycles. The molecule has 9 heteroatoms. The number of nitrogens with zero attached hydrogens (tertiary/aromatic N) is 2. The van der Waals surface area contributed by atoms with Gasteiger partial charge in [0.25, 0.3) is 5.91 Å². The lowest BCUT2D eigenvalue weighted by Crippen LogP contribution is -2.15. The Morgan fingerprint density at radius 1 is 1.00 bits per heavy atom. The number of nitrogens with one attached hydrogen (secondary N) is 2.